The highest BCUT2D eigenvalue weighted by Gasteiger charge is 2.20. The Morgan fingerprint density at radius 1 is 1.22 bits per heavy atom. The Hall–Kier alpha value is -2.96. The standard InChI is InChI=1S/C16H16N6O/c23-11-20-13-4-1-3-12(7-13)8-22-10-19-14-15(21-5-2-6-21)17-9-18-16(14)22/h1,3-4,7,9-11H,2,5-6,8H2,(H,20,23). The summed E-state index contributed by atoms with van der Waals surface area (Å²) in [5.41, 5.74) is 3.52. The fraction of sp³-hybridized carbons (Fsp3) is 0.250. The number of hydrogen-bond acceptors (Lipinski definition) is 5. The predicted octanol–water partition coefficient (Wildman–Crippen LogP) is 1.65. The third kappa shape index (κ3) is 2.50. The lowest BCUT2D eigenvalue weighted by atomic mass is 10.2. The van der Waals surface area contributed by atoms with Crippen LogP contribution in [0.25, 0.3) is 11.2 Å². The molecular weight excluding hydrogens is 292 g/mol. The zero-order chi connectivity index (χ0) is 15.6. The van der Waals surface area contributed by atoms with Gasteiger partial charge in [0.05, 0.1) is 12.9 Å². The van der Waals surface area contributed by atoms with Crippen molar-refractivity contribution in [2.75, 3.05) is 23.3 Å². The molecule has 1 saturated heterocycles. The zero-order valence-corrected chi connectivity index (χ0v) is 12.5. The first-order chi connectivity index (χ1) is 11.3. The lowest BCUT2D eigenvalue weighted by molar-refractivity contribution is -0.105. The first kappa shape index (κ1) is 13.7. The van der Waals surface area contributed by atoms with Gasteiger partial charge < -0.3 is 14.8 Å². The average Bonchev–Trinajstić information content (AvgIpc) is 2.91. The second-order valence-electron chi connectivity index (χ2n) is 5.55. The van der Waals surface area contributed by atoms with Crippen LogP contribution in [0.15, 0.2) is 36.9 Å². The van der Waals surface area contributed by atoms with E-state index in [0.717, 1.165) is 41.3 Å². The van der Waals surface area contributed by atoms with Crippen LogP contribution in [0.1, 0.15) is 12.0 Å². The maximum Gasteiger partial charge on any atom is 0.211 e. The predicted molar refractivity (Wildman–Crippen MR) is 87.4 cm³/mol. The molecule has 1 aliphatic heterocycles. The Morgan fingerprint density at radius 3 is 2.91 bits per heavy atom. The van der Waals surface area contributed by atoms with Gasteiger partial charge in [-0.15, -0.1) is 0 Å². The van der Waals surface area contributed by atoms with Crippen LogP contribution in [0, 0.1) is 0 Å². The Morgan fingerprint density at radius 2 is 2.13 bits per heavy atom. The van der Waals surface area contributed by atoms with E-state index in [2.05, 4.69) is 25.2 Å². The smallest absolute Gasteiger partial charge is 0.211 e. The topological polar surface area (TPSA) is 75.9 Å². The number of amides is 1. The van der Waals surface area contributed by atoms with E-state index in [9.17, 15) is 4.79 Å². The highest BCUT2D eigenvalue weighted by Crippen LogP contribution is 2.25. The summed E-state index contributed by atoms with van der Waals surface area (Å²) in [6, 6.07) is 7.73. The van der Waals surface area contributed by atoms with Gasteiger partial charge in [0.25, 0.3) is 0 Å². The van der Waals surface area contributed by atoms with E-state index in [-0.39, 0.29) is 0 Å². The molecule has 3 aromatic rings. The minimum absolute atomic E-state index is 0.640. The number of nitrogens with one attached hydrogen (secondary N) is 1. The lowest BCUT2D eigenvalue weighted by Crippen LogP contribution is -2.37. The zero-order valence-electron chi connectivity index (χ0n) is 12.5. The Kier molecular flexibility index (Phi) is 3.38. The number of imidazole rings is 1. The molecule has 1 amide bonds. The molecule has 0 spiro atoms. The van der Waals surface area contributed by atoms with Gasteiger partial charge >= 0.3 is 0 Å². The number of carbonyl (C=O) groups is 1. The molecule has 0 atom stereocenters. The van der Waals surface area contributed by atoms with E-state index in [4.69, 9.17) is 0 Å². The van der Waals surface area contributed by atoms with E-state index in [1.165, 1.54) is 6.42 Å². The van der Waals surface area contributed by atoms with Crippen LogP contribution in [-0.4, -0.2) is 39.0 Å². The fourth-order valence-corrected chi connectivity index (χ4v) is 2.77. The summed E-state index contributed by atoms with van der Waals surface area (Å²) in [6.45, 7) is 2.69. The highest BCUT2D eigenvalue weighted by atomic mass is 16.1. The van der Waals surface area contributed by atoms with Crippen LogP contribution in [0.5, 0.6) is 0 Å². The summed E-state index contributed by atoms with van der Waals surface area (Å²) >= 11 is 0. The SMILES string of the molecule is O=CNc1cccc(Cn2cnc3c(N4CCC4)ncnc32)c1. The monoisotopic (exact) mass is 308 g/mol. The number of benzene rings is 1. The maximum atomic E-state index is 10.6. The average molecular weight is 308 g/mol. The van der Waals surface area contributed by atoms with Crippen molar-refractivity contribution in [1.29, 1.82) is 0 Å². The molecular formula is C16H16N6O. The van der Waals surface area contributed by atoms with E-state index in [1.54, 1.807) is 12.7 Å². The molecule has 1 aromatic carbocycles. The molecule has 3 heterocycles. The highest BCUT2D eigenvalue weighted by molar-refractivity contribution is 5.83. The molecule has 0 unspecified atom stereocenters. The summed E-state index contributed by atoms with van der Waals surface area (Å²) in [5.74, 6) is 0.913. The molecule has 7 heteroatoms. The quantitative estimate of drug-likeness (QED) is 0.725. The van der Waals surface area contributed by atoms with Crippen LogP contribution in [-0.2, 0) is 11.3 Å². The minimum atomic E-state index is 0.640. The number of anilines is 2. The summed E-state index contributed by atoms with van der Waals surface area (Å²) < 4.78 is 2.00. The first-order valence-electron chi connectivity index (χ1n) is 7.55. The summed E-state index contributed by atoms with van der Waals surface area (Å²) in [4.78, 5) is 26.1. The van der Waals surface area contributed by atoms with Gasteiger partial charge in [0.2, 0.25) is 6.41 Å². The molecule has 0 aliphatic carbocycles. The Balaban J connectivity index is 1.67. The number of carbonyl (C=O) groups excluding carboxylic acids is 1. The molecule has 1 fully saturated rings. The van der Waals surface area contributed by atoms with Gasteiger partial charge in [-0.2, -0.15) is 0 Å². The molecule has 23 heavy (non-hydrogen) atoms. The molecule has 2 aromatic heterocycles. The summed E-state index contributed by atoms with van der Waals surface area (Å²) in [6.07, 6.45) is 5.27. The maximum absolute atomic E-state index is 10.6. The van der Waals surface area contributed by atoms with Crippen LogP contribution < -0.4 is 10.2 Å². The molecule has 0 radical (unpaired) electrons. The van der Waals surface area contributed by atoms with Crippen molar-refractivity contribution in [2.24, 2.45) is 0 Å². The summed E-state index contributed by atoms with van der Waals surface area (Å²) in [5, 5.41) is 2.67. The molecule has 7 nitrogen and oxygen atoms in total. The van der Waals surface area contributed by atoms with Crippen LogP contribution in [0.4, 0.5) is 11.5 Å². The molecule has 4 rings (SSSR count). The second kappa shape index (κ2) is 5.68. The fourth-order valence-electron chi connectivity index (χ4n) is 2.77. The van der Waals surface area contributed by atoms with Gasteiger partial charge in [0.15, 0.2) is 17.0 Å². The number of rotatable bonds is 5. The normalized spacial score (nSPS) is 13.8. The van der Waals surface area contributed by atoms with Crippen LogP contribution in [0.2, 0.25) is 0 Å². The van der Waals surface area contributed by atoms with E-state index >= 15 is 0 Å². The lowest BCUT2D eigenvalue weighted by Gasteiger charge is -2.31. The van der Waals surface area contributed by atoms with Gasteiger partial charge in [-0.1, -0.05) is 12.1 Å². The van der Waals surface area contributed by atoms with Crippen LogP contribution in [0.3, 0.4) is 0 Å². The van der Waals surface area contributed by atoms with Gasteiger partial charge in [0, 0.05) is 18.8 Å². The number of nitrogens with zero attached hydrogens (tertiary/aromatic N) is 5. The Bertz CT molecular complexity index is 855. The van der Waals surface area contributed by atoms with Crippen LogP contribution >= 0.6 is 0 Å². The van der Waals surface area contributed by atoms with Crippen molar-refractivity contribution >= 4 is 29.1 Å². The third-order valence-electron chi connectivity index (χ3n) is 4.04. The minimum Gasteiger partial charge on any atom is -0.355 e. The number of fused-ring (bicyclic) bond motifs is 1. The first-order valence-corrected chi connectivity index (χ1v) is 7.55. The van der Waals surface area contributed by atoms with Gasteiger partial charge in [-0.25, -0.2) is 15.0 Å². The van der Waals surface area contributed by atoms with Crippen molar-refractivity contribution < 1.29 is 4.79 Å². The van der Waals surface area contributed by atoms with Gasteiger partial charge in [0.1, 0.15) is 6.33 Å². The Labute approximate surface area is 133 Å². The van der Waals surface area contributed by atoms with Crippen molar-refractivity contribution in [3.63, 3.8) is 0 Å². The molecule has 0 bridgehead atoms. The summed E-state index contributed by atoms with van der Waals surface area (Å²) in [7, 11) is 0. The molecule has 0 saturated carbocycles. The van der Waals surface area contributed by atoms with Crippen molar-refractivity contribution in [3.8, 4) is 0 Å². The molecule has 1 N–H and O–H groups in total. The van der Waals surface area contributed by atoms with E-state index in [0.29, 0.717) is 13.0 Å². The van der Waals surface area contributed by atoms with Crippen molar-refractivity contribution in [3.05, 3.63) is 42.5 Å². The molecule has 1 aliphatic rings. The van der Waals surface area contributed by atoms with Gasteiger partial charge in [-0.3, -0.25) is 4.79 Å². The number of hydrogen-bond donors (Lipinski definition) is 1. The van der Waals surface area contributed by atoms with Crippen molar-refractivity contribution in [1.82, 2.24) is 19.5 Å². The van der Waals surface area contributed by atoms with E-state index < -0.39 is 0 Å². The van der Waals surface area contributed by atoms with Gasteiger partial charge in [-0.05, 0) is 24.1 Å². The van der Waals surface area contributed by atoms with E-state index in [1.807, 2.05) is 28.8 Å². The molecule has 116 valence electrons. The second-order valence-corrected chi connectivity index (χ2v) is 5.55. The third-order valence-corrected chi connectivity index (χ3v) is 4.04. The van der Waals surface area contributed by atoms with Crippen molar-refractivity contribution in [2.45, 2.75) is 13.0 Å². The largest absolute Gasteiger partial charge is 0.355 e. The number of aromatic nitrogens is 4.